The fourth-order valence-corrected chi connectivity index (χ4v) is 2.75. The Hall–Kier alpha value is -0.0400. The van der Waals surface area contributed by atoms with Gasteiger partial charge in [0.1, 0.15) is 0 Å². The molecule has 1 aliphatic heterocycles. The average molecular weight is 183 g/mol. The van der Waals surface area contributed by atoms with Crippen LogP contribution in [0.25, 0.3) is 0 Å². The van der Waals surface area contributed by atoms with Gasteiger partial charge in [-0.1, -0.05) is 34.6 Å². The molecule has 0 aromatic rings. The van der Waals surface area contributed by atoms with Gasteiger partial charge in [0.2, 0.25) is 0 Å². The summed E-state index contributed by atoms with van der Waals surface area (Å²) in [5, 5.41) is 3.53. The third kappa shape index (κ3) is 2.07. The summed E-state index contributed by atoms with van der Waals surface area (Å²) < 4.78 is 0. The molecule has 2 atom stereocenters. The quantitative estimate of drug-likeness (QED) is 0.694. The summed E-state index contributed by atoms with van der Waals surface area (Å²) in [5.41, 5.74) is 0.555. The van der Waals surface area contributed by atoms with E-state index in [1.54, 1.807) is 0 Å². The Morgan fingerprint density at radius 2 is 1.85 bits per heavy atom. The molecule has 1 aliphatic rings. The lowest BCUT2D eigenvalue weighted by molar-refractivity contribution is 0.0418. The summed E-state index contributed by atoms with van der Waals surface area (Å²) in [6.07, 6.45) is 1.34. The molecule has 1 rings (SSSR count). The van der Waals surface area contributed by atoms with E-state index in [1.165, 1.54) is 19.5 Å². The van der Waals surface area contributed by atoms with Gasteiger partial charge in [0, 0.05) is 0 Å². The number of piperidine rings is 1. The van der Waals surface area contributed by atoms with Crippen LogP contribution in [0.1, 0.15) is 41.0 Å². The molecule has 0 aliphatic carbocycles. The molecule has 0 aromatic carbocycles. The van der Waals surface area contributed by atoms with Crippen LogP contribution < -0.4 is 5.32 Å². The predicted octanol–water partition coefficient (Wildman–Crippen LogP) is 2.91. The number of rotatable bonds is 2. The fraction of sp³-hybridized carbons (Fsp3) is 1.00. The van der Waals surface area contributed by atoms with Gasteiger partial charge in [-0.25, -0.2) is 0 Å². The first-order valence-electron chi connectivity index (χ1n) is 5.69. The van der Waals surface area contributed by atoms with Crippen molar-refractivity contribution in [3.05, 3.63) is 0 Å². The standard InChI is InChI=1S/C12H25N/c1-9(2)11-8-13-7-6-12(11,5)10(3)4/h9-11,13H,6-8H2,1-5H3. The number of hydrogen-bond acceptors (Lipinski definition) is 1. The molecule has 2 unspecified atom stereocenters. The predicted molar refractivity (Wildman–Crippen MR) is 58.8 cm³/mol. The highest BCUT2D eigenvalue weighted by molar-refractivity contribution is 4.91. The molecule has 0 aromatic heterocycles. The van der Waals surface area contributed by atoms with Crippen LogP contribution in [0.15, 0.2) is 0 Å². The molecule has 1 heteroatoms. The van der Waals surface area contributed by atoms with Crippen molar-refractivity contribution in [1.82, 2.24) is 5.32 Å². The van der Waals surface area contributed by atoms with E-state index < -0.39 is 0 Å². The van der Waals surface area contributed by atoms with E-state index in [4.69, 9.17) is 0 Å². The lowest BCUT2D eigenvalue weighted by Crippen LogP contribution is -2.48. The van der Waals surface area contributed by atoms with Crippen molar-refractivity contribution in [2.75, 3.05) is 13.1 Å². The van der Waals surface area contributed by atoms with Crippen LogP contribution in [0.2, 0.25) is 0 Å². The highest BCUT2D eigenvalue weighted by Gasteiger charge is 2.40. The van der Waals surface area contributed by atoms with Crippen molar-refractivity contribution >= 4 is 0 Å². The van der Waals surface area contributed by atoms with Gasteiger partial charge >= 0.3 is 0 Å². The second kappa shape index (κ2) is 4.00. The van der Waals surface area contributed by atoms with Crippen LogP contribution in [0, 0.1) is 23.2 Å². The Balaban J connectivity index is 2.77. The van der Waals surface area contributed by atoms with Gasteiger partial charge < -0.3 is 5.32 Å². The van der Waals surface area contributed by atoms with E-state index in [0.29, 0.717) is 5.41 Å². The summed E-state index contributed by atoms with van der Waals surface area (Å²) in [7, 11) is 0. The van der Waals surface area contributed by atoms with E-state index in [0.717, 1.165) is 17.8 Å². The van der Waals surface area contributed by atoms with Crippen LogP contribution >= 0.6 is 0 Å². The summed E-state index contributed by atoms with van der Waals surface area (Å²) >= 11 is 0. The van der Waals surface area contributed by atoms with Crippen LogP contribution in [0.3, 0.4) is 0 Å². The van der Waals surface area contributed by atoms with Crippen molar-refractivity contribution in [3.8, 4) is 0 Å². The first-order chi connectivity index (χ1) is 5.98. The van der Waals surface area contributed by atoms with Crippen LogP contribution in [-0.4, -0.2) is 13.1 Å². The minimum Gasteiger partial charge on any atom is -0.316 e. The third-order valence-corrected chi connectivity index (χ3v) is 4.18. The molecule has 0 amide bonds. The zero-order valence-electron chi connectivity index (χ0n) is 9.85. The van der Waals surface area contributed by atoms with E-state index in [-0.39, 0.29) is 0 Å². The minimum absolute atomic E-state index is 0.555. The third-order valence-electron chi connectivity index (χ3n) is 4.18. The fourth-order valence-electron chi connectivity index (χ4n) is 2.75. The van der Waals surface area contributed by atoms with Crippen molar-refractivity contribution < 1.29 is 0 Å². The molecule has 1 fully saturated rings. The number of hydrogen-bond donors (Lipinski definition) is 1. The maximum Gasteiger partial charge on any atom is -0.00127 e. The Morgan fingerprint density at radius 3 is 2.23 bits per heavy atom. The lowest BCUT2D eigenvalue weighted by atomic mass is 9.62. The molecule has 0 bridgehead atoms. The van der Waals surface area contributed by atoms with Crippen molar-refractivity contribution in [3.63, 3.8) is 0 Å². The molecule has 0 spiro atoms. The maximum atomic E-state index is 3.53. The molecule has 1 nitrogen and oxygen atoms in total. The molecule has 1 N–H and O–H groups in total. The first kappa shape index (κ1) is 11.0. The van der Waals surface area contributed by atoms with Gasteiger partial charge in [0.25, 0.3) is 0 Å². The van der Waals surface area contributed by atoms with Gasteiger partial charge in [-0.15, -0.1) is 0 Å². The highest BCUT2D eigenvalue weighted by Crippen LogP contribution is 2.43. The molecular weight excluding hydrogens is 158 g/mol. The monoisotopic (exact) mass is 183 g/mol. The van der Waals surface area contributed by atoms with E-state index in [2.05, 4.69) is 39.9 Å². The van der Waals surface area contributed by atoms with E-state index in [1.807, 2.05) is 0 Å². The SMILES string of the molecule is CC(C)C1CNCCC1(C)C(C)C. The second-order valence-corrected chi connectivity index (χ2v) is 5.47. The topological polar surface area (TPSA) is 12.0 Å². The Morgan fingerprint density at radius 1 is 1.23 bits per heavy atom. The van der Waals surface area contributed by atoms with Gasteiger partial charge in [-0.05, 0) is 42.7 Å². The Bertz CT molecular complexity index is 163. The summed E-state index contributed by atoms with van der Waals surface area (Å²) in [4.78, 5) is 0. The molecule has 78 valence electrons. The summed E-state index contributed by atoms with van der Waals surface area (Å²) in [6, 6.07) is 0. The average Bonchev–Trinajstić information content (AvgIpc) is 2.04. The lowest BCUT2D eigenvalue weighted by Gasteiger charge is -2.47. The minimum atomic E-state index is 0.555. The van der Waals surface area contributed by atoms with Gasteiger partial charge in [0.05, 0.1) is 0 Å². The van der Waals surface area contributed by atoms with Gasteiger partial charge in [0.15, 0.2) is 0 Å². The van der Waals surface area contributed by atoms with Gasteiger partial charge in [-0.2, -0.15) is 0 Å². The normalized spacial score (nSPS) is 35.8. The highest BCUT2D eigenvalue weighted by atomic mass is 14.9. The summed E-state index contributed by atoms with van der Waals surface area (Å²) in [6.45, 7) is 14.4. The maximum absolute atomic E-state index is 3.53. The molecule has 13 heavy (non-hydrogen) atoms. The van der Waals surface area contributed by atoms with Crippen LogP contribution in [0.5, 0.6) is 0 Å². The smallest absolute Gasteiger partial charge is 0.00127 e. The Labute approximate surface area is 83.3 Å². The molecule has 1 saturated heterocycles. The van der Waals surface area contributed by atoms with Crippen molar-refractivity contribution in [2.24, 2.45) is 23.2 Å². The van der Waals surface area contributed by atoms with E-state index >= 15 is 0 Å². The molecule has 1 heterocycles. The molecule has 0 radical (unpaired) electrons. The van der Waals surface area contributed by atoms with Crippen LogP contribution in [-0.2, 0) is 0 Å². The molecular formula is C12H25N. The zero-order chi connectivity index (χ0) is 10.1. The summed E-state index contributed by atoms with van der Waals surface area (Å²) in [5.74, 6) is 2.46. The second-order valence-electron chi connectivity index (χ2n) is 5.47. The zero-order valence-corrected chi connectivity index (χ0v) is 9.85. The van der Waals surface area contributed by atoms with Crippen LogP contribution in [0.4, 0.5) is 0 Å². The van der Waals surface area contributed by atoms with Crippen molar-refractivity contribution in [2.45, 2.75) is 41.0 Å². The van der Waals surface area contributed by atoms with E-state index in [9.17, 15) is 0 Å². The Kier molecular flexibility index (Phi) is 3.39. The first-order valence-corrected chi connectivity index (χ1v) is 5.69. The molecule has 0 saturated carbocycles. The van der Waals surface area contributed by atoms with Gasteiger partial charge in [-0.3, -0.25) is 0 Å². The van der Waals surface area contributed by atoms with Crippen molar-refractivity contribution in [1.29, 1.82) is 0 Å². The largest absolute Gasteiger partial charge is 0.316 e. The number of nitrogens with one attached hydrogen (secondary N) is 1.